The lowest BCUT2D eigenvalue weighted by molar-refractivity contribution is 0.0779. The van der Waals surface area contributed by atoms with E-state index in [2.05, 4.69) is 33.5 Å². The van der Waals surface area contributed by atoms with Crippen molar-refractivity contribution in [3.63, 3.8) is 0 Å². The molecule has 0 fully saturated rings. The predicted molar refractivity (Wildman–Crippen MR) is 159 cm³/mol. The third-order valence-corrected chi connectivity index (χ3v) is 9.04. The van der Waals surface area contributed by atoms with Crippen LogP contribution in [0.25, 0.3) is 32.0 Å². The number of hydrogen-bond acceptors (Lipinski definition) is 9. The van der Waals surface area contributed by atoms with Crippen LogP contribution >= 0.6 is 22.9 Å². The van der Waals surface area contributed by atoms with Gasteiger partial charge in [0, 0.05) is 60.1 Å². The van der Waals surface area contributed by atoms with Crippen molar-refractivity contribution < 1.29 is 13.9 Å². The first-order chi connectivity index (χ1) is 19.9. The van der Waals surface area contributed by atoms with Gasteiger partial charge in [-0.1, -0.05) is 24.6 Å². The number of ether oxygens (including phenoxy) is 1. The lowest BCUT2D eigenvalue weighted by Gasteiger charge is -2.17. The second-order valence-electron chi connectivity index (χ2n) is 10.3. The number of nitrogens with zero attached hydrogens (tertiary/aromatic N) is 5. The number of carbonyl (C=O) groups excluding carboxylic acids is 1. The van der Waals surface area contributed by atoms with Gasteiger partial charge in [-0.05, 0) is 36.1 Å². The molecule has 9 nitrogen and oxygen atoms in total. The third kappa shape index (κ3) is 4.33. The summed E-state index contributed by atoms with van der Waals surface area (Å²) >= 11 is 7.82. The fourth-order valence-corrected chi connectivity index (χ4v) is 7.21. The summed E-state index contributed by atoms with van der Waals surface area (Å²) in [5.41, 5.74) is 4.75. The monoisotopic (exact) mass is 586 g/mol. The first kappa shape index (κ1) is 25.9. The number of benzene rings is 1. The van der Waals surface area contributed by atoms with Crippen molar-refractivity contribution in [2.45, 2.75) is 39.2 Å². The average Bonchev–Trinajstić information content (AvgIpc) is 3.74. The van der Waals surface area contributed by atoms with Gasteiger partial charge in [-0.3, -0.25) is 9.78 Å². The highest BCUT2D eigenvalue weighted by Crippen LogP contribution is 2.47. The topological polar surface area (TPSA) is 106 Å². The number of pyridine rings is 2. The molecule has 2 aliphatic rings. The Morgan fingerprint density at radius 2 is 2.05 bits per heavy atom. The van der Waals surface area contributed by atoms with E-state index in [4.69, 9.17) is 25.7 Å². The molecule has 0 saturated heterocycles. The number of aromatic nitrogens is 4. The molecular weight excluding hydrogens is 560 g/mol. The standard InChI is InChI=1S/C30H27ClN6O3S/c1-4-9-37-13-21-25(30(37)38)26(23-11-16-7-8-33-28(32-3)27(16)41-23)24(29-36-35-15(2)40-29)20(34-21)10-17-14-39-22-12-18(31)5-6-19(17)22/h5-8,11-12,17H,4,9-10,13-14H2,1-3H3,(H,32,33). The van der Waals surface area contributed by atoms with E-state index in [0.717, 1.165) is 55.5 Å². The second kappa shape index (κ2) is 10.1. The molecule has 2 aliphatic heterocycles. The van der Waals surface area contributed by atoms with Crippen LogP contribution in [0.4, 0.5) is 5.82 Å². The summed E-state index contributed by atoms with van der Waals surface area (Å²) in [6, 6.07) is 9.85. The van der Waals surface area contributed by atoms with Gasteiger partial charge in [0.25, 0.3) is 5.91 Å². The summed E-state index contributed by atoms with van der Waals surface area (Å²) in [5.74, 6) is 2.40. The fourth-order valence-electron chi connectivity index (χ4n) is 5.84. The summed E-state index contributed by atoms with van der Waals surface area (Å²) in [4.78, 5) is 26.4. The van der Waals surface area contributed by atoms with Gasteiger partial charge < -0.3 is 19.4 Å². The van der Waals surface area contributed by atoms with Crippen LogP contribution in [0.1, 0.15) is 52.5 Å². The molecule has 1 N–H and O–H groups in total. The molecule has 0 bridgehead atoms. The van der Waals surface area contributed by atoms with Crippen molar-refractivity contribution in [1.82, 2.24) is 25.1 Å². The van der Waals surface area contributed by atoms with Crippen molar-refractivity contribution in [3.8, 4) is 27.6 Å². The summed E-state index contributed by atoms with van der Waals surface area (Å²) < 4.78 is 13.1. The summed E-state index contributed by atoms with van der Waals surface area (Å²) in [5, 5.41) is 13.4. The number of aryl methyl sites for hydroxylation is 1. The van der Waals surface area contributed by atoms with E-state index in [1.807, 2.05) is 36.2 Å². The molecule has 11 heteroatoms. The molecule has 1 atom stereocenters. The molecular formula is C30H27ClN6O3S. The lowest BCUT2D eigenvalue weighted by atomic mass is 9.90. The van der Waals surface area contributed by atoms with Crippen LogP contribution in [-0.2, 0) is 13.0 Å². The van der Waals surface area contributed by atoms with E-state index in [9.17, 15) is 4.79 Å². The minimum absolute atomic E-state index is 0.0259. The molecule has 0 aliphatic carbocycles. The number of rotatable bonds is 7. The Balaban J connectivity index is 1.48. The third-order valence-electron chi connectivity index (χ3n) is 7.63. The Labute approximate surface area is 245 Å². The van der Waals surface area contributed by atoms with Gasteiger partial charge in [0.2, 0.25) is 11.8 Å². The normalized spacial score (nSPS) is 15.9. The molecule has 1 unspecified atom stereocenters. The molecule has 5 aromatic rings. The number of hydrogen-bond donors (Lipinski definition) is 1. The zero-order valence-electron chi connectivity index (χ0n) is 22.8. The fraction of sp³-hybridized carbons (Fsp3) is 0.300. The average molecular weight is 587 g/mol. The van der Waals surface area contributed by atoms with Gasteiger partial charge in [0.15, 0.2) is 0 Å². The molecule has 0 radical (unpaired) electrons. The summed E-state index contributed by atoms with van der Waals surface area (Å²) in [6.07, 6.45) is 3.21. The maximum atomic E-state index is 13.9. The first-order valence-corrected chi connectivity index (χ1v) is 14.8. The van der Waals surface area contributed by atoms with Crippen molar-refractivity contribution in [2.24, 2.45) is 0 Å². The first-order valence-electron chi connectivity index (χ1n) is 13.6. The van der Waals surface area contributed by atoms with E-state index >= 15 is 0 Å². The Morgan fingerprint density at radius 3 is 2.83 bits per heavy atom. The van der Waals surface area contributed by atoms with Gasteiger partial charge in [-0.25, -0.2) is 4.98 Å². The maximum Gasteiger partial charge on any atom is 0.256 e. The Morgan fingerprint density at radius 1 is 1.17 bits per heavy atom. The van der Waals surface area contributed by atoms with Crippen molar-refractivity contribution in [3.05, 3.63) is 70.0 Å². The molecule has 41 heavy (non-hydrogen) atoms. The molecule has 1 aromatic carbocycles. The maximum absolute atomic E-state index is 13.9. The van der Waals surface area contributed by atoms with Crippen LogP contribution in [-0.4, -0.2) is 51.2 Å². The van der Waals surface area contributed by atoms with Crippen LogP contribution in [0.2, 0.25) is 5.02 Å². The van der Waals surface area contributed by atoms with Crippen LogP contribution < -0.4 is 10.1 Å². The number of amides is 1. The second-order valence-corrected chi connectivity index (χ2v) is 11.8. The Bertz CT molecular complexity index is 1830. The highest BCUT2D eigenvalue weighted by Gasteiger charge is 2.37. The molecule has 0 spiro atoms. The number of halogens is 1. The van der Waals surface area contributed by atoms with Gasteiger partial charge in [0.1, 0.15) is 11.6 Å². The van der Waals surface area contributed by atoms with E-state index in [0.29, 0.717) is 54.0 Å². The highest BCUT2D eigenvalue weighted by molar-refractivity contribution is 7.23. The van der Waals surface area contributed by atoms with Crippen LogP contribution in [0.15, 0.2) is 40.9 Å². The smallest absolute Gasteiger partial charge is 0.256 e. The molecule has 4 aromatic heterocycles. The number of fused-ring (bicyclic) bond motifs is 3. The van der Waals surface area contributed by atoms with Gasteiger partial charge >= 0.3 is 0 Å². The van der Waals surface area contributed by atoms with E-state index < -0.39 is 0 Å². The number of anilines is 1. The van der Waals surface area contributed by atoms with Crippen LogP contribution in [0, 0.1) is 6.92 Å². The quantitative estimate of drug-likeness (QED) is 0.230. The SMILES string of the molecule is CCCN1Cc2nc(CC3COc4cc(Cl)ccc43)c(-c3nnc(C)o3)c(-c3cc4ccnc(NC)c4s3)c2C1=O. The summed E-state index contributed by atoms with van der Waals surface area (Å²) in [7, 11) is 1.86. The van der Waals surface area contributed by atoms with Gasteiger partial charge in [0.05, 0.1) is 40.4 Å². The molecule has 208 valence electrons. The predicted octanol–water partition coefficient (Wildman–Crippen LogP) is 6.50. The number of carbonyl (C=O) groups is 1. The molecule has 7 rings (SSSR count). The van der Waals surface area contributed by atoms with E-state index in [1.54, 1.807) is 24.5 Å². The van der Waals surface area contributed by atoms with Crippen molar-refractivity contribution >= 4 is 44.7 Å². The molecule has 1 amide bonds. The van der Waals surface area contributed by atoms with Crippen LogP contribution in [0.3, 0.4) is 0 Å². The Hall–Kier alpha value is -4.02. The zero-order chi connectivity index (χ0) is 28.2. The number of thiophene rings is 1. The molecule has 6 heterocycles. The highest BCUT2D eigenvalue weighted by atomic mass is 35.5. The Kier molecular flexibility index (Phi) is 6.39. The zero-order valence-corrected chi connectivity index (χ0v) is 24.4. The number of nitrogens with one attached hydrogen (secondary N) is 1. The van der Waals surface area contributed by atoms with Crippen molar-refractivity contribution in [2.75, 3.05) is 25.5 Å². The lowest BCUT2D eigenvalue weighted by Crippen LogP contribution is -2.24. The minimum atomic E-state index is -0.0259. The van der Waals surface area contributed by atoms with Crippen molar-refractivity contribution in [1.29, 1.82) is 0 Å². The van der Waals surface area contributed by atoms with Gasteiger partial charge in [-0.15, -0.1) is 21.5 Å². The van der Waals surface area contributed by atoms with Gasteiger partial charge in [-0.2, -0.15) is 0 Å². The van der Waals surface area contributed by atoms with E-state index in [1.165, 1.54) is 0 Å². The largest absolute Gasteiger partial charge is 0.493 e. The van der Waals surface area contributed by atoms with E-state index in [-0.39, 0.29) is 11.8 Å². The van der Waals surface area contributed by atoms with Crippen LogP contribution in [0.5, 0.6) is 5.75 Å². The minimum Gasteiger partial charge on any atom is -0.493 e. The molecule has 0 saturated carbocycles. The summed E-state index contributed by atoms with van der Waals surface area (Å²) in [6.45, 7) is 5.47.